The highest BCUT2D eigenvalue weighted by molar-refractivity contribution is 8.22. The second kappa shape index (κ2) is 15.2. The van der Waals surface area contributed by atoms with Crippen LogP contribution in [0.15, 0.2) is 65.1 Å². The average Bonchev–Trinajstić information content (AvgIpc) is 2.88. The van der Waals surface area contributed by atoms with E-state index in [4.69, 9.17) is 21.1 Å². The van der Waals surface area contributed by atoms with Crippen LogP contribution in [-0.2, 0) is 20.7 Å². The number of benzene rings is 2. The Morgan fingerprint density at radius 1 is 1.15 bits per heavy atom. The van der Waals surface area contributed by atoms with Gasteiger partial charge in [-0.1, -0.05) is 73.0 Å². The first-order chi connectivity index (χ1) is 19.0. The number of thioether (sulfide) groups is 1. The Morgan fingerprint density at radius 3 is 2.55 bits per heavy atom. The van der Waals surface area contributed by atoms with E-state index in [0.29, 0.717) is 22.3 Å². The number of rotatable bonds is 13. The van der Waals surface area contributed by atoms with Gasteiger partial charge in [-0.3, -0.25) is 4.18 Å². The number of aromatic hydroxyl groups is 1. The molecule has 8 heteroatoms. The van der Waals surface area contributed by atoms with Crippen molar-refractivity contribution in [1.82, 2.24) is 0 Å². The molecule has 3 rings (SSSR count). The average molecular weight is 603 g/mol. The van der Waals surface area contributed by atoms with Crippen molar-refractivity contribution >= 4 is 38.5 Å². The molecule has 0 bridgehead atoms. The van der Waals surface area contributed by atoms with Crippen molar-refractivity contribution in [1.29, 1.82) is 0 Å². The van der Waals surface area contributed by atoms with Crippen molar-refractivity contribution in [3.63, 3.8) is 0 Å². The molecule has 2 atom stereocenters. The molecule has 0 heterocycles. The van der Waals surface area contributed by atoms with Gasteiger partial charge in [0, 0.05) is 17.2 Å². The smallest absolute Gasteiger partial charge is 0.296 e. The number of unbranched alkanes of at least 4 members (excludes halogenated alkanes) is 2. The van der Waals surface area contributed by atoms with Crippen molar-refractivity contribution in [3.05, 3.63) is 76.9 Å². The van der Waals surface area contributed by atoms with E-state index in [-0.39, 0.29) is 29.1 Å². The quantitative estimate of drug-likeness (QED) is 0.106. The second-order valence-corrected chi connectivity index (χ2v) is 14.0. The van der Waals surface area contributed by atoms with Gasteiger partial charge in [0.25, 0.3) is 10.1 Å². The van der Waals surface area contributed by atoms with Crippen LogP contribution in [0.2, 0.25) is 0 Å². The van der Waals surface area contributed by atoms with E-state index in [9.17, 15) is 13.5 Å². The molecule has 0 amide bonds. The lowest BCUT2D eigenvalue weighted by Gasteiger charge is -2.32. The fraction of sp³-hybridized carbons (Fsp3) is 0.469. The molecule has 0 spiro atoms. The highest BCUT2D eigenvalue weighted by Crippen LogP contribution is 2.47. The fourth-order valence-corrected chi connectivity index (χ4v) is 6.85. The van der Waals surface area contributed by atoms with Crippen LogP contribution >= 0.6 is 24.0 Å². The molecule has 0 aliphatic heterocycles. The molecule has 1 aliphatic rings. The molecule has 2 aromatic rings. The van der Waals surface area contributed by atoms with E-state index in [1.807, 2.05) is 26.0 Å². The summed E-state index contributed by atoms with van der Waals surface area (Å²) in [6.07, 6.45) is 8.83. The number of hydrogen-bond acceptors (Lipinski definition) is 7. The Hall–Kier alpha value is -2.13. The highest BCUT2D eigenvalue weighted by atomic mass is 32.2. The number of thiocarbonyl (C=S) groups is 1. The topological polar surface area (TPSA) is 72.8 Å². The monoisotopic (exact) mass is 602 g/mol. The van der Waals surface area contributed by atoms with Crippen LogP contribution in [0, 0.1) is 12.8 Å². The lowest BCUT2D eigenvalue weighted by Crippen LogP contribution is -2.18. The Morgan fingerprint density at radius 2 is 1.88 bits per heavy atom. The molecule has 0 fully saturated rings. The maximum atomic E-state index is 12.4. The van der Waals surface area contributed by atoms with E-state index in [0.717, 1.165) is 60.8 Å². The third kappa shape index (κ3) is 9.20. The van der Waals surface area contributed by atoms with Gasteiger partial charge >= 0.3 is 0 Å². The van der Waals surface area contributed by atoms with Crippen molar-refractivity contribution in [2.24, 2.45) is 5.92 Å². The summed E-state index contributed by atoms with van der Waals surface area (Å²) in [6, 6.07) is 10.5. The number of phenols is 1. The summed E-state index contributed by atoms with van der Waals surface area (Å²) in [5, 5.41) is 11.2. The zero-order valence-corrected chi connectivity index (χ0v) is 26.5. The fourth-order valence-electron chi connectivity index (χ4n) is 4.99. The molecular formula is C32H42O5S3. The largest absolute Gasteiger partial charge is 0.507 e. The second-order valence-electron chi connectivity index (χ2n) is 10.7. The standard InChI is InChI=1S/C32H42O5S3/c1-6-7-8-10-25-20-29(33)31(28-19-24(5)13-16-27(28)22(2)3)30(21-25)37-32(38)39-18-9-17-36-40(34,35)26-14-11-23(4)12-15-26/h11-12,14-15,19-21,27-28,33H,2,6-10,13,16-18H2,1,3-5H3/t27-,28+/m0/s1. The minimum absolute atomic E-state index is 0.0425. The Labute approximate surface area is 250 Å². The van der Waals surface area contributed by atoms with E-state index >= 15 is 0 Å². The SMILES string of the molecule is C=C(C)[C@@H]1CCC(C)=C[C@H]1c1c(O)cc(CCCCC)cc1OC(=S)SCCCOS(=O)(=O)c1ccc(C)cc1. The van der Waals surface area contributed by atoms with E-state index in [1.165, 1.54) is 17.3 Å². The van der Waals surface area contributed by atoms with Crippen molar-refractivity contribution in [2.45, 2.75) is 83.5 Å². The van der Waals surface area contributed by atoms with Crippen molar-refractivity contribution in [3.8, 4) is 11.5 Å². The van der Waals surface area contributed by atoms with Gasteiger partial charge in [0.05, 0.1) is 11.5 Å². The lowest BCUT2D eigenvalue weighted by atomic mass is 9.73. The third-order valence-corrected chi connectivity index (χ3v) is 9.79. The van der Waals surface area contributed by atoms with Crippen LogP contribution in [0.5, 0.6) is 11.5 Å². The predicted octanol–water partition coefficient (Wildman–Crippen LogP) is 8.64. The molecular weight excluding hydrogens is 561 g/mol. The van der Waals surface area contributed by atoms with Gasteiger partial charge in [-0.05, 0) is 101 Å². The summed E-state index contributed by atoms with van der Waals surface area (Å²) in [5.74, 6) is 1.52. The lowest BCUT2D eigenvalue weighted by molar-refractivity contribution is 0.319. The number of aryl methyl sites for hydroxylation is 2. The van der Waals surface area contributed by atoms with Crippen LogP contribution in [0.3, 0.4) is 0 Å². The Kier molecular flexibility index (Phi) is 12.3. The molecule has 0 saturated carbocycles. The van der Waals surface area contributed by atoms with Crippen molar-refractivity contribution < 1.29 is 22.4 Å². The molecule has 0 saturated heterocycles. The molecule has 40 heavy (non-hydrogen) atoms. The summed E-state index contributed by atoms with van der Waals surface area (Å²) in [7, 11) is -3.79. The molecule has 218 valence electrons. The molecule has 5 nitrogen and oxygen atoms in total. The molecule has 0 radical (unpaired) electrons. The number of allylic oxidation sites excluding steroid dienone is 3. The zero-order valence-electron chi connectivity index (χ0n) is 24.1. The molecule has 2 aromatic carbocycles. The minimum Gasteiger partial charge on any atom is -0.507 e. The molecule has 0 aromatic heterocycles. The van der Waals surface area contributed by atoms with Crippen LogP contribution in [0.4, 0.5) is 0 Å². The summed E-state index contributed by atoms with van der Waals surface area (Å²) in [6.45, 7) is 12.5. The summed E-state index contributed by atoms with van der Waals surface area (Å²) < 4.78 is 36.6. The third-order valence-electron chi connectivity index (χ3n) is 7.21. The summed E-state index contributed by atoms with van der Waals surface area (Å²) in [4.78, 5) is 0.149. The Balaban J connectivity index is 1.69. The first-order valence-electron chi connectivity index (χ1n) is 14.0. The van der Waals surface area contributed by atoms with Crippen LogP contribution in [0.1, 0.15) is 81.9 Å². The maximum Gasteiger partial charge on any atom is 0.296 e. The van der Waals surface area contributed by atoms with Gasteiger partial charge in [-0.25, -0.2) is 0 Å². The van der Waals surface area contributed by atoms with Gasteiger partial charge in [-0.15, -0.1) is 0 Å². The first kappa shape index (κ1) is 32.4. The zero-order chi connectivity index (χ0) is 29.3. The highest BCUT2D eigenvalue weighted by Gasteiger charge is 2.31. The number of hydrogen-bond donors (Lipinski definition) is 1. The number of phenolic OH excluding ortho intramolecular Hbond substituents is 1. The minimum atomic E-state index is -3.79. The van der Waals surface area contributed by atoms with E-state index in [2.05, 4.69) is 26.5 Å². The van der Waals surface area contributed by atoms with Crippen LogP contribution < -0.4 is 4.74 Å². The van der Waals surface area contributed by atoms with E-state index < -0.39 is 10.1 Å². The number of ether oxygens (including phenoxy) is 1. The van der Waals surface area contributed by atoms with Gasteiger partial charge in [0.15, 0.2) is 0 Å². The van der Waals surface area contributed by atoms with Gasteiger partial charge in [-0.2, -0.15) is 8.42 Å². The van der Waals surface area contributed by atoms with Gasteiger partial charge in [0.2, 0.25) is 4.38 Å². The first-order valence-corrected chi connectivity index (χ1v) is 16.8. The Bertz CT molecular complexity index is 1310. The van der Waals surface area contributed by atoms with Gasteiger partial charge < -0.3 is 9.84 Å². The van der Waals surface area contributed by atoms with Gasteiger partial charge in [0.1, 0.15) is 11.5 Å². The summed E-state index contributed by atoms with van der Waals surface area (Å²) in [5.41, 5.74) is 5.13. The van der Waals surface area contributed by atoms with E-state index in [1.54, 1.807) is 24.3 Å². The van der Waals surface area contributed by atoms with Crippen LogP contribution in [-0.4, -0.2) is 30.3 Å². The molecule has 1 aliphatic carbocycles. The molecule has 1 N–H and O–H groups in total. The summed E-state index contributed by atoms with van der Waals surface area (Å²) >= 11 is 6.91. The van der Waals surface area contributed by atoms with Crippen LogP contribution in [0.25, 0.3) is 0 Å². The van der Waals surface area contributed by atoms with Crippen molar-refractivity contribution in [2.75, 3.05) is 12.4 Å². The normalized spacial score (nSPS) is 17.4. The molecule has 0 unspecified atom stereocenters. The predicted molar refractivity (Wildman–Crippen MR) is 170 cm³/mol. The maximum absolute atomic E-state index is 12.4.